The molecule has 1 unspecified atom stereocenters. The van der Waals surface area contributed by atoms with Crippen molar-refractivity contribution in [3.05, 3.63) is 78.0 Å². The van der Waals surface area contributed by atoms with Gasteiger partial charge >= 0.3 is 0 Å². The summed E-state index contributed by atoms with van der Waals surface area (Å²) >= 11 is 0. The van der Waals surface area contributed by atoms with E-state index >= 15 is 0 Å². The molecule has 0 bridgehead atoms. The SMILES string of the molecule is CC(C)C1(c2ccc3ccccc3n2)C=Cc2ccccc2N1. The summed E-state index contributed by atoms with van der Waals surface area (Å²) in [7, 11) is 0. The average Bonchev–Trinajstić information content (AvgIpc) is 2.60. The average molecular weight is 300 g/mol. The highest BCUT2D eigenvalue weighted by atomic mass is 15.0. The second-order valence-electron chi connectivity index (χ2n) is 6.46. The van der Waals surface area contributed by atoms with E-state index in [-0.39, 0.29) is 5.54 Å². The molecule has 0 fully saturated rings. The summed E-state index contributed by atoms with van der Waals surface area (Å²) < 4.78 is 0. The topological polar surface area (TPSA) is 24.9 Å². The smallest absolute Gasteiger partial charge is 0.101 e. The summed E-state index contributed by atoms with van der Waals surface area (Å²) in [5.41, 5.74) is 4.22. The Morgan fingerprint density at radius 3 is 2.57 bits per heavy atom. The van der Waals surface area contributed by atoms with Gasteiger partial charge < -0.3 is 5.32 Å². The Hall–Kier alpha value is -2.61. The van der Waals surface area contributed by atoms with Crippen LogP contribution in [0.2, 0.25) is 0 Å². The first-order valence-electron chi connectivity index (χ1n) is 8.12. The molecule has 4 rings (SSSR count). The van der Waals surface area contributed by atoms with Gasteiger partial charge in [0, 0.05) is 11.1 Å². The van der Waals surface area contributed by atoms with Crippen LogP contribution in [0.5, 0.6) is 0 Å². The highest BCUT2D eigenvalue weighted by Crippen LogP contribution is 2.39. The number of pyridine rings is 1. The van der Waals surface area contributed by atoms with E-state index in [1.54, 1.807) is 0 Å². The highest BCUT2D eigenvalue weighted by molar-refractivity contribution is 5.79. The van der Waals surface area contributed by atoms with E-state index < -0.39 is 0 Å². The summed E-state index contributed by atoms with van der Waals surface area (Å²) in [6, 6.07) is 21.0. The molecule has 1 N–H and O–H groups in total. The minimum Gasteiger partial charge on any atom is -0.370 e. The van der Waals surface area contributed by atoms with Crippen molar-refractivity contribution in [3.8, 4) is 0 Å². The van der Waals surface area contributed by atoms with Crippen LogP contribution in [0.4, 0.5) is 5.69 Å². The quantitative estimate of drug-likeness (QED) is 0.701. The van der Waals surface area contributed by atoms with Crippen LogP contribution in [0, 0.1) is 5.92 Å². The summed E-state index contributed by atoms with van der Waals surface area (Å²) in [5.74, 6) is 0.376. The van der Waals surface area contributed by atoms with Crippen molar-refractivity contribution in [2.75, 3.05) is 5.32 Å². The molecule has 1 atom stereocenters. The molecule has 1 aliphatic rings. The Labute approximate surface area is 136 Å². The summed E-state index contributed by atoms with van der Waals surface area (Å²) in [6.07, 6.45) is 4.47. The van der Waals surface area contributed by atoms with Gasteiger partial charge in [0.15, 0.2) is 0 Å². The van der Waals surface area contributed by atoms with Gasteiger partial charge in [0.2, 0.25) is 0 Å². The minimum absolute atomic E-state index is 0.279. The first-order valence-corrected chi connectivity index (χ1v) is 8.12. The summed E-state index contributed by atoms with van der Waals surface area (Å²) in [4.78, 5) is 4.95. The van der Waals surface area contributed by atoms with Crippen molar-refractivity contribution in [2.45, 2.75) is 19.4 Å². The molecule has 0 amide bonds. The van der Waals surface area contributed by atoms with E-state index in [0.717, 1.165) is 11.2 Å². The van der Waals surface area contributed by atoms with E-state index in [0.29, 0.717) is 5.92 Å². The van der Waals surface area contributed by atoms with Crippen LogP contribution in [-0.4, -0.2) is 4.98 Å². The van der Waals surface area contributed by atoms with Gasteiger partial charge in [-0.2, -0.15) is 0 Å². The molecule has 3 aromatic rings. The maximum atomic E-state index is 4.95. The van der Waals surface area contributed by atoms with Gasteiger partial charge in [-0.3, -0.25) is 0 Å². The molecule has 0 radical (unpaired) electrons. The van der Waals surface area contributed by atoms with Gasteiger partial charge in [-0.05, 0) is 29.7 Å². The van der Waals surface area contributed by atoms with Gasteiger partial charge in [-0.15, -0.1) is 0 Å². The Balaban J connectivity index is 1.88. The Morgan fingerprint density at radius 1 is 0.913 bits per heavy atom. The predicted molar refractivity (Wildman–Crippen MR) is 97.4 cm³/mol. The monoisotopic (exact) mass is 300 g/mol. The number of anilines is 1. The number of nitrogens with zero attached hydrogens (tertiary/aromatic N) is 1. The number of hydrogen-bond donors (Lipinski definition) is 1. The first kappa shape index (κ1) is 14.0. The van der Waals surface area contributed by atoms with E-state index in [4.69, 9.17) is 4.98 Å². The fraction of sp³-hybridized carbons (Fsp3) is 0.190. The minimum atomic E-state index is -0.279. The van der Waals surface area contributed by atoms with Gasteiger partial charge in [0.25, 0.3) is 0 Å². The molecule has 2 aromatic carbocycles. The van der Waals surface area contributed by atoms with Gasteiger partial charge in [0.05, 0.1) is 11.2 Å². The van der Waals surface area contributed by atoms with Gasteiger partial charge in [0.1, 0.15) is 5.54 Å². The lowest BCUT2D eigenvalue weighted by atomic mass is 9.79. The first-order chi connectivity index (χ1) is 11.2. The number of benzene rings is 2. The molecular formula is C21H20N2. The molecule has 2 heterocycles. The van der Waals surface area contributed by atoms with Crippen molar-refractivity contribution < 1.29 is 0 Å². The third kappa shape index (κ3) is 2.22. The molecule has 23 heavy (non-hydrogen) atoms. The number of para-hydroxylation sites is 2. The zero-order valence-corrected chi connectivity index (χ0v) is 13.5. The lowest BCUT2D eigenvalue weighted by molar-refractivity contribution is 0.423. The second-order valence-corrected chi connectivity index (χ2v) is 6.46. The molecule has 2 nitrogen and oxygen atoms in total. The normalized spacial score (nSPS) is 19.6. The third-order valence-electron chi connectivity index (χ3n) is 4.76. The highest BCUT2D eigenvalue weighted by Gasteiger charge is 2.36. The lowest BCUT2D eigenvalue weighted by Gasteiger charge is -2.39. The van der Waals surface area contributed by atoms with Crippen LogP contribution in [-0.2, 0) is 5.54 Å². The number of hydrogen-bond acceptors (Lipinski definition) is 2. The van der Waals surface area contributed by atoms with Crippen LogP contribution in [0.3, 0.4) is 0 Å². The Kier molecular flexibility index (Phi) is 3.19. The van der Waals surface area contributed by atoms with Crippen LogP contribution in [0.15, 0.2) is 66.7 Å². The largest absolute Gasteiger partial charge is 0.370 e. The Bertz CT molecular complexity index is 895. The zero-order chi connectivity index (χ0) is 15.9. The van der Waals surface area contributed by atoms with Crippen molar-refractivity contribution in [1.82, 2.24) is 4.98 Å². The van der Waals surface area contributed by atoms with Gasteiger partial charge in [-0.25, -0.2) is 4.98 Å². The maximum absolute atomic E-state index is 4.95. The molecule has 0 saturated carbocycles. The summed E-state index contributed by atoms with van der Waals surface area (Å²) in [5, 5.41) is 4.92. The third-order valence-corrected chi connectivity index (χ3v) is 4.76. The number of fused-ring (bicyclic) bond motifs is 2. The molecule has 0 aliphatic carbocycles. The van der Waals surface area contributed by atoms with E-state index in [9.17, 15) is 0 Å². The lowest BCUT2D eigenvalue weighted by Crippen LogP contribution is -2.41. The fourth-order valence-electron chi connectivity index (χ4n) is 3.32. The molecule has 0 spiro atoms. The predicted octanol–water partition coefficient (Wildman–Crippen LogP) is 5.23. The molecule has 2 heteroatoms. The van der Waals surface area contributed by atoms with E-state index in [1.165, 1.54) is 16.6 Å². The Morgan fingerprint density at radius 2 is 1.70 bits per heavy atom. The number of rotatable bonds is 2. The molecular weight excluding hydrogens is 280 g/mol. The number of aromatic nitrogens is 1. The standard InChI is InChI=1S/C21H20N2/c1-15(2)21(14-13-17-8-4-6-10-19(17)23-21)20-12-11-16-7-3-5-9-18(16)22-20/h3-15,23H,1-2H3. The second kappa shape index (κ2) is 5.24. The van der Waals surface area contributed by atoms with Crippen molar-refractivity contribution >= 4 is 22.7 Å². The van der Waals surface area contributed by atoms with Crippen LogP contribution in [0.1, 0.15) is 25.1 Å². The molecule has 1 aromatic heterocycles. The van der Waals surface area contributed by atoms with Crippen LogP contribution in [0.25, 0.3) is 17.0 Å². The van der Waals surface area contributed by atoms with Crippen molar-refractivity contribution in [1.29, 1.82) is 0 Å². The van der Waals surface area contributed by atoms with Gasteiger partial charge in [-0.1, -0.05) is 68.5 Å². The summed E-state index contributed by atoms with van der Waals surface area (Å²) in [6.45, 7) is 4.48. The number of nitrogens with one attached hydrogen (secondary N) is 1. The van der Waals surface area contributed by atoms with E-state index in [2.05, 4.69) is 85.9 Å². The van der Waals surface area contributed by atoms with Crippen LogP contribution < -0.4 is 5.32 Å². The molecule has 1 aliphatic heterocycles. The molecule has 114 valence electrons. The van der Waals surface area contributed by atoms with Crippen LogP contribution >= 0.6 is 0 Å². The van der Waals surface area contributed by atoms with Crippen molar-refractivity contribution in [2.24, 2.45) is 5.92 Å². The molecule has 0 saturated heterocycles. The van der Waals surface area contributed by atoms with Crippen molar-refractivity contribution in [3.63, 3.8) is 0 Å². The maximum Gasteiger partial charge on any atom is 0.101 e. The zero-order valence-electron chi connectivity index (χ0n) is 13.5. The van der Waals surface area contributed by atoms with E-state index in [1.807, 2.05) is 6.07 Å². The fourth-order valence-corrected chi connectivity index (χ4v) is 3.32.